The largest absolute Gasteiger partial charge is 0.492 e. The molecule has 160 valence electrons. The molecule has 1 atom stereocenters. The molecule has 0 saturated carbocycles. The molecule has 2 amide bonds. The van der Waals surface area contributed by atoms with Crippen LogP contribution in [0.15, 0.2) is 54.6 Å². The highest BCUT2D eigenvalue weighted by molar-refractivity contribution is 5.95. The van der Waals surface area contributed by atoms with Crippen molar-refractivity contribution in [1.29, 1.82) is 0 Å². The minimum absolute atomic E-state index is 0.0899. The van der Waals surface area contributed by atoms with Crippen LogP contribution in [0.1, 0.15) is 25.5 Å². The Morgan fingerprint density at radius 3 is 2.33 bits per heavy atom. The molecule has 0 radical (unpaired) electrons. The fourth-order valence-electron chi connectivity index (χ4n) is 3.75. The van der Waals surface area contributed by atoms with Crippen LogP contribution in [0.5, 0.6) is 5.75 Å². The van der Waals surface area contributed by atoms with Gasteiger partial charge in [-0.25, -0.2) is 4.79 Å². The number of piperazine rings is 1. The zero-order valence-electron chi connectivity index (χ0n) is 17.6. The monoisotopic (exact) mass is 412 g/mol. The summed E-state index contributed by atoms with van der Waals surface area (Å²) in [4.78, 5) is 28.2. The fourth-order valence-corrected chi connectivity index (χ4v) is 3.75. The normalized spacial score (nSPS) is 15.3. The SMILES string of the molecule is CCOC(=O)N1CC[NH+]([C@@H](C(=O)Nc2ccccc2OCC)c2ccccc2)CC1. The zero-order valence-corrected chi connectivity index (χ0v) is 17.6. The van der Waals surface area contributed by atoms with Gasteiger partial charge in [-0.15, -0.1) is 0 Å². The molecule has 0 aromatic heterocycles. The molecule has 30 heavy (non-hydrogen) atoms. The molecular formula is C23H30N3O4+. The minimum atomic E-state index is -0.384. The predicted molar refractivity (Wildman–Crippen MR) is 115 cm³/mol. The van der Waals surface area contributed by atoms with Gasteiger partial charge in [0, 0.05) is 5.56 Å². The van der Waals surface area contributed by atoms with Gasteiger partial charge in [0.2, 0.25) is 0 Å². The highest BCUT2D eigenvalue weighted by Gasteiger charge is 2.35. The topological polar surface area (TPSA) is 72.3 Å². The molecule has 0 unspecified atom stereocenters. The molecular weight excluding hydrogens is 382 g/mol. The molecule has 2 N–H and O–H groups in total. The lowest BCUT2D eigenvalue weighted by molar-refractivity contribution is -0.925. The van der Waals surface area contributed by atoms with Gasteiger partial charge in [-0.3, -0.25) is 9.69 Å². The van der Waals surface area contributed by atoms with Crippen molar-refractivity contribution in [3.63, 3.8) is 0 Å². The Hall–Kier alpha value is -3.06. The molecule has 1 heterocycles. The third kappa shape index (κ3) is 5.30. The first kappa shape index (κ1) is 21.6. The smallest absolute Gasteiger partial charge is 0.410 e. The van der Waals surface area contributed by atoms with Crippen molar-refractivity contribution in [2.75, 3.05) is 44.7 Å². The van der Waals surface area contributed by atoms with E-state index in [9.17, 15) is 9.59 Å². The van der Waals surface area contributed by atoms with Gasteiger partial charge in [-0.1, -0.05) is 42.5 Å². The molecule has 1 fully saturated rings. The number of nitrogens with zero attached hydrogens (tertiary/aromatic N) is 1. The van der Waals surface area contributed by atoms with Crippen LogP contribution in [0.25, 0.3) is 0 Å². The van der Waals surface area contributed by atoms with Crippen LogP contribution in [0.2, 0.25) is 0 Å². The van der Waals surface area contributed by atoms with Crippen LogP contribution in [-0.2, 0) is 9.53 Å². The number of para-hydroxylation sites is 2. The van der Waals surface area contributed by atoms with Gasteiger partial charge in [-0.05, 0) is 26.0 Å². The Bertz CT molecular complexity index is 835. The van der Waals surface area contributed by atoms with Crippen molar-refractivity contribution in [1.82, 2.24) is 4.90 Å². The highest BCUT2D eigenvalue weighted by atomic mass is 16.6. The van der Waals surface area contributed by atoms with Gasteiger partial charge in [0.25, 0.3) is 5.91 Å². The van der Waals surface area contributed by atoms with Gasteiger partial charge in [-0.2, -0.15) is 0 Å². The molecule has 0 spiro atoms. The number of hydrogen-bond acceptors (Lipinski definition) is 4. The standard InChI is InChI=1S/C23H29N3O4/c1-3-29-20-13-9-8-12-19(20)24-22(27)21(18-10-6-5-7-11-18)25-14-16-26(17-15-25)23(28)30-4-2/h5-13,21H,3-4,14-17H2,1-2H3,(H,24,27)/p+1/t21-/m1/s1. The van der Waals surface area contributed by atoms with E-state index >= 15 is 0 Å². The van der Waals surface area contributed by atoms with E-state index in [1.165, 1.54) is 0 Å². The number of rotatable bonds is 7. The third-order valence-electron chi connectivity index (χ3n) is 5.18. The Kier molecular flexibility index (Phi) is 7.68. The van der Waals surface area contributed by atoms with Gasteiger partial charge in [0.05, 0.1) is 45.1 Å². The van der Waals surface area contributed by atoms with Gasteiger partial charge >= 0.3 is 6.09 Å². The summed E-state index contributed by atoms with van der Waals surface area (Å²) in [5.74, 6) is 0.565. The van der Waals surface area contributed by atoms with Gasteiger partial charge < -0.3 is 19.7 Å². The number of benzene rings is 2. The molecule has 0 bridgehead atoms. The second-order valence-corrected chi connectivity index (χ2v) is 7.11. The first-order valence-electron chi connectivity index (χ1n) is 10.5. The number of ether oxygens (including phenoxy) is 2. The van der Waals surface area contributed by atoms with Crippen molar-refractivity contribution in [3.05, 3.63) is 60.2 Å². The first-order chi connectivity index (χ1) is 14.6. The summed E-state index contributed by atoms with van der Waals surface area (Å²) in [6.07, 6.45) is -0.289. The zero-order chi connectivity index (χ0) is 21.3. The summed E-state index contributed by atoms with van der Waals surface area (Å²) in [7, 11) is 0. The maximum atomic E-state index is 13.4. The minimum Gasteiger partial charge on any atom is -0.492 e. The number of carbonyl (C=O) groups is 2. The third-order valence-corrected chi connectivity index (χ3v) is 5.18. The summed E-state index contributed by atoms with van der Waals surface area (Å²) in [5, 5.41) is 3.06. The van der Waals surface area contributed by atoms with Crippen molar-refractivity contribution in [3.8, 4) is 5.75 Å². The van der Waals surface area contributed by atoms with Crippen molar-refractivity contribution < 1.29 is 24.0 Å². The molecule has 1 saturated heterocycles. The molecule has 0 aliphatic carbocycles. The quantitative estimate of drug-likeness (QED) is 0.731. The number of nitrogens with one attached hydrogen (secondary N) is 2. The van der Waals surface area contributed by atoms with Crippen LogP contribution in [0.3, 0.4) is 0 Å². The van der Waals surface area contributed by atoms with Gasteiger partial charge in [0.15, 0.2) is 6.04 Å². The predicted octanol–water partition coefficient (Wildman–Crippen LogP) is 2.12. The van der Waals surface area contributed by atoms with Crippen LogP contribution in [-0.4, -0.2) is 56.3 Å². The molecule has 7 nitrogen and oxygen atoms in total. The molecule has 3 rings (SSSR count). The molecule has 1 aliphatic heterocycles. The number of anilines is 1. The molecule has 2 aromatic rings. The van der Waals surface area contributed by atoms with Crippen molar-refractivity contribution >= 4 is 17.7 Å². The Morgan fingerprint density at radius 1 is 1.00 bits per heavy atom. The van der Waals surface area contributed by atoms with Crippen LogP contribution < -0.4 is 15.0 Å². The average molecular weight is 413 g/mol. The van der Waals surface area contributed by atoms with E-state index in [0.717, 1.165) is 10.5 Å². The lowest BCUT2D eigenvalue weighted by Gasteiger charge is -2.35. The molecule has 7 heteroatoms. The van der Waals surface area contributed by atoms with Crippen molar-refractivity contribution in [2.24, 2.45) is 0 Å². The van der Waals surface area contributed by atoms with E-state index in [2.05, 4.69) is 5.32 Å². The fraction of sp³-hybridized carbons (Fsp3) is 0.391. The number of quaternary nitrogens is 1. The Balaban J connectivity index is 1.77. The Labute approximate surface area is 177 Å². The molecule has 2 aromatic carbocycles. The van der Waals surface area contributed by atoms with E-state index in [1.807, 2.05) is 61.5 Å². The van der Waals surface area contributed by atoms with E-state index < -0.39 is 0 Å². The van der Waals surface area contributed by atoms with Crippen LogP contribution >= 0.6 is 0 Å². The summed E-state index contributed by atoms with van der Waals surface area (Å²) in [6.45, 7) is 7.04. The van der Waals surface area contributed by atoms with E-state index in [0.29, 0.717) is 50.8 Å². The van der Waals surface area contributed by atoms with Gasteiger partial charge in [0.1, 0.15) is 5.75 Å². The lowest BCUT2D eigenvalue weighted by atomic mass is 10.0. The summed E-state index contributed by atoms with van der Waals surface area (Å²) < 4.78 is 10.8. The molecule has 1 aliphatic rings. The van der Waals surface area contributed by atoms with E-state index in [-0.39, 0.29) is 18.0 Å². The number of carbonyl (C=O) groups excluding carboxylic acids is 2. The maximum Gasteiger partial charge on any atom is 0.410 e. The number of hydrogen-bond donors (Lipinski definition) is 2. The summed E-state index contributed by atoms with van der Waals surface area (Å²) >= 11 is 0. The summed E-state index contributed by atoms with van der Waals surface area (Å²) in [5.41, 5.74) is 1.61. The first-order valence-corrected chi connectivity index (χ1v) is 10.5. The van der Waals surface area contributed by atoms with Crippen LogP contribution in [0.4, 0.5) is 10.5 Å². The van der Waals surface area contributed by atoms with Crippen LogP contribution in [0, 0.1) is 0 Å². The number of amides is 2. The average Bonchev–Trinajstić information content (AvgIpc) is 2.77. The van der Waals surface area contributed by atoms with E-state index in [1.54, 1.807) is 11.8 Å². The van der Waals surface area contributed by atoms with Crippen molar-refractivity contribution in [2.45, 2.75) is 19.9 Å². The lowest BCUT2D eigenvalue weighted by Crippen LogP contribution is -3.16. The summed E-state index contributed by atoms with van der Waals surface area (Å²) in [6, 6.07) is 16.8. The maximum absolute atomic E-state index is 13.4. The highest BCUT2D eigenvalue weighted by Crippen LogP contribution is 2.25. The second-order valence-electron chi connectivity index (χ2n) is 7.11. The van der Waals surface area contributed by atoms with E-state index in [4.69, 9.17) is 9.47 Å². The second kappa shape index (κ2) is 10.6. The Morgan fingerprint density at radius 2 is 1.67 bits per heavy atom.